The second kappa shape index (κ2) is 12.1. The molecule has 0 saturated heterocycles. The number of nitro groups is 1. The van der Waals surface area contributed by atoms with Gasteiger partial charge in [-0.3, -0.25) is 19.7 Å². The van der Waals surface area contributed by atoms with Crippen LogP contribution in [0.5, 0.6) is 0 Å². The summed E-state index contributed by atoms with van der Waals surface area (Å²) in [7, 11) is 0. The van der Waals surface area contributed by atoms with E-state index in [1.54, 1.807) is 52.0 Å². The number of carbonyl (C=O) groups is 2. The van der Waals surface area contributed by atoms with Crippen LogP contribution < -0.4 is 17.2 Å². The monoisotopic (exact) mass is 446 g/mol. The molecule has 0 heterocycles. The Morgan fingerprint density at radius 1 is 0.844 bits per heavy atom. The molecule has 0 aliphatic heterocycles. The van der Waals surface area contributed by atoms with E-state index in [9.17, 15) is 19.7 Å². The van der Waals surface area contributed by atoms with Crippen LogP contribution in [0.25, 0.3) is 0 Å². The van der Waals surface area contributed by atoms with E-state index >= 15 is 0 Å². The van der Waals surface area contributed by atoms with E-state index in [4.69, 9.17) is 26.7 Å². The fraction of sp³-hybridized carbons (Fsp3) is 0.364. The number of carbonyl (C=O) groups excluding carboxylic acids is 2. The van der Waals surface area contributed by atoms with Crippen LogP contribution >= 0.6 is 0 Å². The first-order valence-electron chi connectivity index (χ1n) is 10.0. The van der Waals surface area contributed by atoms with Crippen LogP contribution in [0.2, 0.25) is 0 Å². The summed E-state index contributed by atoms with van der Waals surface area (Å²) in [6.07, 6.45) is 0. The number of benzene rings is 2. The van der Waals surface area contributed by atoms with Crippen LogP contribution in [0.3, 0.4) is 0 Å². The lowest BCUT2D eigenvalue weighted by Crippen LogP contribution is -2.13. The van der Waals surface area contributed by atoms with Crippen molar-refractivity contribution in [2.75, 3.05) is 30.4 Å². The van der Waals surface area contributed by atoms with Gasteiger partial charge in [-0.25, -0.2) is 0 Å². The molecule has 0 bridgehead atoms. The van der Waals surface area contributed by atoms with Gasteiger partial charge in [0.15, 0.2) is 0 Å². The summed E-state index contributed by atoms with van der Waals surface area (Å²) in [5.41, 5.74) is 18.9. The lowest BCUT2D eigenvalue weighted by molar-refractivity contribution is -0.384. The predicted molar refractivity (Wildman–Crippen MR) is 123 cm³/mol. The van der Waals surface area contributed by atoms with E-state index in [1.165, 1.54) is 12.1 Å². The summed E-state index contributed by atoms with van der Waals surface area (Å²) in [6.45, 7) is 7.56. The van der Waals surface area contributed by atoms with E-state index in [0.29, 0.717) is 23.5 Å². The highest BCUT2D eigenvalue weighted by Crippen LogP contribution is 2.27. The molecule has 2 atom stereocenters. The SMILES string of the molecule is CCOC(=O)C(C)c1ccc(N)c(N)c1.CCOC(=O)C(C)c1ccc(N)c([N+](=O)[O-])c1. The molecular weight excluding hydrogens is 416 g/mol. The molecule has 2 rings (SSSR count). The molecule has 0 aliphatic carbocycles. The van der Waals surface area contributed by atoms with Gasteiger partial charge < -0.3 is 26.7 Å². The normalized spacial score (nSPS) is 12.0. The number of nitrogen functional groups attached to an aromatic ring is 3. The number of nitrogens with zero attached hydrogens (tertiary/aromatic N) is 1. The van der Waals surface area contributed by atoms with Crippen molar-refractivity contribution < 1.29 is 24.0 Å². The van der Waals surface area contributed by atoms with Crippen molar-refractivity contribution in [2.45, 2.75) is 39.5 Å². The molecule has 0 spiro atoms. The minimum absolute atomic E-state index is 0.0785. The van der Waals surface area contributed by atoms with Gasteiger partial charge in [-0.15, -0.1) is 0 Å². The topological polar surface area (TPSA) is 174 Å². The lowest BCUT2D eigenvalue weighted by Gasteiger charge is -2.11. The van der Waals surface area contributed by atoms with E-state index in [1.807, 2.05) is 0 Å². The second-order valence-corrected chi connectivity index (χ2v) is 6.91. The Kier molecular flexibility index (Phi) is 9.94. The summed E-state index contributed by atoms with van der Waals surface area (Å²) in [6, 6.07) is 9.49. The molecule has 0 radical (unpaired) electrons. The molecule has 2 aromatic rings. The molecule has 32 heavy (non-hydrogen) atoms. The van der Waals surface area contributed by atoms with Gasteiger partial charge in [0, 0.05) is 6.07 Å². The number of rotatable bonds is 7. The highest BCUT2D eigenvalue weighted by Gasteiger charge is 2.20. The Hall–Kier alpha value is -3.82. The fourth-order valence-corrected chi connectivity index (χ4v) is 2.66. The average Bonchev–Trinajstić information content (AvgIpc) is 2.75. The molecule has 0 saturated carbocycles. The summed E-state index contributed by atoms with van der Waals surface area (Å²) < 4.78 is 9.77. The molecule has 6 N–H and O–H groups in total. The lowest BCUT2D eigenvalue weighted by atomic mass is 10.0. The first-order chi connectivity index (χ1) is 15.0. The largest absolute Gasteiger partial charge is 0.466 e. The zero-order valence-corrected chi connectivity index (χ0v) is 18.7. The first kappa shape index (κ1) is 26.2. The molecule has 10 heteroatoms. The van der Waals surface area contributed by atoms with Crippen LogP contribution in [0, 0.1) is 10.1 Å². The Morgan fingerprint density at radius 3 is 1.69 bits per heavy atom. The number of hydrogen-bond acceptors (Lipinski definition) is 9. The van der Waals surface area contributed by atoms with E-state index in [2.05, 4.69) is 0 Å². The van der Waals surface area contributed by atoms with Crippen molar-refractivity contribution in [3.05, 3.63) is 57.6 Å². The molecule has 0 fully saturated rings. The van der Waals surface area contributed by atoms with Gasteiger partial charge in [0.05, 0.1) is 41.3 Å². The van der Waals surface area contributed by atoms with Gasteiger partial charge in [-0.1, -0.05) is 12.1 Å². The summed E-state index contributed by atoms with van der Waals surface area (Å²) >= 11 is 0. The third-order valence-electron chi connectivity index (χ3n) is 4.64. The van der Waals surface area contributed by atoms with Crippen molar-refractivity contribution in [3.8, 4) is 0 Å². The van der Waals surface area contributed by atoms with Gasteiger partial charge >= 0.3 is 11.9 Å². The minimum Gasteiger partial charge on any atom is -0.466 e. The van der Waals surface area contributed by atoms with E-state index < -0.39 is 16.8 Å². The van der Waals surface area contributed by atoms with Gasteiger partial charge in [0.1, 0.15) is 5.69 Å². The van der Waals surface area contributed by atoms with E-state index in [0.717, 1.165) is 5.56 Å². The maximum atomic E-state index is 11.5. The van der Waals surface area contributed by atoms with Crippen molar-refractivity contribution >= 4 is 34.7 Å². The third kappa shape index (κ3) is 7.15. The fourth-order valence-electron chi connectivity index (χ4n) is 2.66. The molecule has 0 aliphatic rings. The third-order valence-corrected chi connectivity index (χ3v) is 4.64. The summed E-state index contributed by atoms with van der Waals surface area (Å²) in [5, 5.41) is 10.7. The maximum absolute atomic E-state index is 11.5. The van der Waals surface area contributed by atoms with Crippen molar-refractivity contribution in [3.63, 3.8) is 0 Å². The molecular formula is C22H30N4O6. The van der Waals surface area contributed by atoms with E-state index in [-0.39, 0.29) is 29.9 Å². The second-order valence-electron chi connectivity index (χ2n) is 6.91. The number of nitrogens with two attached hydrogens (primary N) is 3. The Bertz CT molecular complexity index is 963. The van der Waals surface area contributed by atoms with Gasteiger partial charge in [0.2, 0.25) is 0 Å². The number of esters is 2. The number of anilines is 3. The molecule has 174 valence electrons. The van der Waals surface area contributed by atoms with Crippen LogP contribution in [0.4, 0.5) is 22.7 Å². The van der Waals surface area contributed by atoms with Crippen LogP contribution in [-0.2, 0) is 19.1 Å². The number of hydrogen-bond donors (Lipinski definition) is 3. The highest BCUT2D eigenvalue weighted by molar-refractivity contribution is 5.79. The zero-order chi connectivity index (χ0) is 24.4. The maximum Gasteiger partial charge on any atom is 0.313 e. The number of nitro benzene ring substituents is 1. The Morgan fingerprint density at radius 2 is 1.28 bits per heavy atom. The van der Waals surface area contributed by atoms with Gasteiger partial charge in [-0.05, 0) is 57.0 Å². The average molecular weight is 447 g/mol. The van der Waals surface area contributed by atoms with Crippen LogP contribution in [0.1, 0.15) is 50.7 Å². The Labute approximate surface area is 186 Å². The molecule has 10 nitrogen and oxygen atoms in total. The molecule has 2 unspecified atom stereocenters. The van der Waals surface area contributed by atoms with Crippen molar-refractivity contribution in [1.82, 2.24) is 0 Å². The minimum atomic E-state index is -0.573. The number of ether oxygens (including phenoxy) is 2. The van der Waals surface area contributed by atoms with Crippen molar-refractivity contribution in [2.24, 2.45) is 0 Å². The first-order valence-corrected chi connectivity index (χ1v) is 10.0. The molecule has 0 aromatic heterocycles. The highest BCUT2D eigenvalue weighted by atomic mass is 16.6. The quantitative estimate of drug-likeness (QED) is 0.249. The standard InChI is InChI=1S/C11H14N2O4.C11H16N2O2/c1-3-17-11(14)7(2)8-4-5-9(12)10(6-8)13(15)16;1-3-15-11(14)7(2)8-4-5-9(12)10(13)6-8/h4-7H,3,12H2,1-2H3;4-7H,3,12-13H2,1-2H3. The summed E-state index contributed by atoms with van der Waals surface area (Å²) in [5.74, 6) is -1.52. The Balaban J connectivity index is 0.000000323. The van der Waals surface area contributed by atoms with Crippen LogP contribution in [-0.4, -0.2) is 30.1 Å². The van der Waals surface area contributed by atoms with Gasteiger partial charge in [0.25, 0.3) is 5.69 Å². The zero-order valence-electron chi connectivity index (χ0n) is 18.7. The smallest absolute Gasteiger partial charge is 0.313 e. The van der Waals surface area contributed by atoms with Crippen LogP contribution in [0.15, 0.2) is 36.4 Å². The summed E-state index contributed by atoms with van der Waals surface area (Å²) in [4.78, 5) is 33.1. The van der Waals surface area contributed by atoms with Crippen molar-refractivity contribution in [1.29, 1.82) is 0 Å². The molecule has 2 aromatic carbocycles. The van der Waals surface area contributed by atoms with Gasteiger partial charge in [-0.2, -0.15) is 0 Å². The molecule has 0 amide bonds. The predicted octanol–water partition coefficient (Wildman–Crippen LogP) is 3.36.